The number of carbonyl (C=O) groups excluding carboxylic acids is 1. The maximum Gasteiger partial charge on any atom is 0.308 e. The van der Waals surface area contributed by atoms with Crippen LogP contribution in [0.3, 0.4) is 0 Å². The van der Waals surface area contributed by atoms with E-state index in [0.717, 1.165) is 25.7 Å². The van der Waals surface area contributed by atoms with Gasteiger partial charge in [0.05, 0.1) is 32.3 Å². The van der Waals surface area contributed by atoms with Crippen molar-refractivity contribution in [3.8, 4) is 0 Å². The standard InChI is InChI=1S/C15H28O4/c1-4-7-8-14(6-3)15(16)19-13-12-18-11-10-17-9-5-2/h5,14H,2,4,6-13H2,1,3H3. The molecule has 0 rings (SSSR count). The smallest absolute Gasteiger partial charge is 0.308 e. The summed E-state index contributed by atoms with van der Waals surface area (Å²) in [6.45, 7) is 10.0. The largest absolute Gasteiger partial charge is 0.463 e. The predicted molar refractivity (Wildman–Crippen MR) is 76.1 cm³/mol. The zero-order valence-electron chi connectivity index (χ0n) is 12.4. The first-order valence-corrected chi connectivity index (χ1v) is 7.19. The van der Waals surface area contributed by atoms with E-state index in [9.17, 15) is 4.79 Å². The first kappa shape index (κ1) is 18.1. The van der Waals surface area contributed by atoms with E-state index in [-0.39, 0.29) is 11.9 Å². The Kier molecular flexibility index (Phi) is 12.9. The molecule has 4 heteroatoms. The van der Waals surface area contributed by atoms with Crippen LogP contribution < -0.4 is 0 Å². The lowest BCUT2D eigenvalue weighted by Gasteiger charge is -2.13. The molecule has 0 fully saturated rings. The Hall–Kier alpha value is -0.870. The monoisotopic (exact) mass is 272 g/mol. The Morgan fingerprint density at radius 2 is 1.84 bits per heavy atom. The van der Waals surface area contributed by atoms with Gasteiger partial charge in [0.25, 0.3) is 0 Å². The first-order valence-electron chi connectivity index (χ1n) is 7.19. The van der Waals surface area contributed by atoms with Gasteiger partial charge in [-0.2, -0.15) is 0 Å². The zero-order valence-corrected chi connectivity index (χ0v) is 12.4. The number of esters is 1. The van der Waals surface area contributed by atoms with E-state index >= 15 is 0 Å². The third kappa shape index (κ3) is 10.7. The molecule has 0 amide bonds. The second-order valence-corrected chi connectivity index (χ2v) is 4.39. The van der Waals surface area contributed by atoms with E-state index in [1.165, 1.54) is 0 Å². The third-order valence-corrected chi connectivity index (χ3v) is 2.81. The van der Waals surface area contributed by atoms with E-state index in [4.69, 9.17) is 14.2 Å². The molecule has 0 spiro atoms. The molecule has 19 heavy (non-hydrogen) atoms. The fourth-order valence-corrected chi connectivity index (χ4v) is 1.64. The van der Waals surface area contributed by atoms with Crippen molar-refractivity contribution in [3.63, 3.8) is 0 Å². The lowest BCUT2D eigenvalue weighted by Crippen LogP contribution is -2.20. The highest BCUT2D eigenvalue weighted by Gasteiger charge is 2.16. The molecular weight excluding hydrogens is 244 g/mol. The van der Waals surface area contributed by atoms with Crippen LogP contribution in [0.4, 0.5) is 0 Å². The Labute approximate surface area is 117 Å². The van der Waals surface area contributed by atoms with Gasteiger partial charge in [-0.05, 0) is 12.8 Å². The van der Waals surface area contributed by atoms with Crippen LogP contribution in [0.5, 0.6) is 0 Å². The van der Waals surface area contributed by atoms with Crippen molar-refractivity contribution in [1.29, 1.82) is 0 Å². The van der Waals surface area contributed by atoms with Gasteiger partial charge in [-0.1, -0.05) is 32.8 Å². The summed E-state index contributed by atoms with van der Waals surface area (Å²) in [6.07, 6.45) is 5.64. The van der Waals surface area contributed by atoms with Crippen LogP contribution in [-0.2, 0) is 19.0 Å². The van der Waals surface area contributed by atoms with Crippen molar-refractivity contribution in [2.45, 2.75) is 39.5 Å². The van der Waals surface area contributed by atoms with Gasteiger partial charge in [-0.3, -0.25) is 4.79 Å². The van der Waals surface area contributed by atoms with Crippen LogP contribution in [0, 0.1) is 5.92 Å². The second kappa shape index (κ2) is 13.6. The summed E-state index contributed by atoms with van der Waals surface area (Å²) < 4.78 is 15.6. The minimum Gasteiger partial charge on any atom is -0.463 e. The number of carbonyl (C=O) groups is 1. The number of ether oxygens (including phenoxy) is 3. The SMILES string of the molecule is C=CCOCCOCCOC(=O)C(CC)CCCC. The minimum absolute atomic E-state index is 0.0378. The molecule has 4 nitrogen and oxygen atoms in total. The van der Waals surface area contributed by atoms with E-state index in [1.54, 1.807) is 6.08 Å². The fraction of sp³-hybridized carbons (Fsp3) is 0.800. The van der Waals surface area contributed by atoms with Crippen LogP contribution in [0.25, 0.3) is 0 Å². The molecule has 0 N–H and O–H groups in total. The predicted octanol–water partition coefficient (Wildman–Crippen LogP) is 2.97. The van der Waals surface area contributed by atoms with Crippen molar-refractivity contribution in [1.82, 2.24) is 0 Å². The molecule has 0 radical (unpaired) electrons. The molecule has 0 saturated heterocycles. The summed E-state index contributed by atoms with van der Waals surface area (Å²) >= 11 is 0. The van der Waals surface area contributed by atoms with Crippen molar-refractivity contribution < 1.29 is 19.0 Å². The molecule has 0 aliphatic heterocycles. The van der Waals surface area contributed by atoms with Gasteiger partial charge in [-0.25, -0.2) is 0 Å². The van der Waals surface area contributed by atoms with E-state index < -0.39 is 0 Å². The molecule has 0 aromatic rings. The lowest BCUT2D eigenvalue weighted by atomic mass is 10.00. The van der Waals surface area contributed by atoms with Crippen LogP contribution in [0.15, 0.2) is 12.7 Å². The summed E-state index contributed by atoms with van der Waals surface area (Å²) in [4.78, 5) is 11.7. The van der Waals surface area contributed by atoms with Gasteiger partial charge in [0.15, 0.2) is 0 Å². The molecule has 0 aromatic carbocycles. The molecule has 112 valence electrons. The Morgan fingerprint density at radius 3 is 2.47 bits per heavy atom. The quantitative estimate of drug-likeness (QED) is 0.294. The number of unbranched alkanes of at least 4 members (excludes halogenated alkanes) is 1. The summed E-state index contributed by atoms with van der Waals surface area (Å²) in [7, 11) is 0. The maximum atomic E-state index is 11.7. The average molecular weight is 272 g/mol. The molecule has 0 aromatic heterocycles. The average Bonchev–Trinajstić information content (AvgIpc) is 2.42. The zero-order chi connectivity index (χ0) is 14.3. The van der Waals surface area contributed by atoms with Gasteiger partial charge in [0, 0.05) is 0 Å². The van der Waals surface area contributed by atoms with Crippen molar-refractivity contribution >= 4 is 5.97 Å². The lowest BCUT2D eigenvalue weighted by molar-refractivity contribution is -0.150. The Balaban J connectivity index is 3.47. The van der Waals surface area contributed by atoms with Gasteiger partial charge >= 0.3 is 5.97 Å². The van der Waals surface area contributed by atoms with Gasteiger partial charge < -0.3 is 14.2 Å². The van der Waals surface area contributed by atoms with Crippen LogP contribution >= 0.6 is 0 Å². The topological polar surface area (TPSA) is 44.8 Å². The van der Waals surface area contributed by atoms with E-state index in [1.807, 2.05) is 6.92 Å². The summed E-state index contributed by atoms with van der Waals surface area (Å²) in [6, 6.07) is 0. The molecule has 0 aliphatic carbocycles. The summed E-state index contributed by atoms with van der Waals surface area (Å²) in [5.41, 5.74) is 0. The minimum atomic E-state index is -0.0949. The van der Waals surface area contributed by atoms with Gasteiger partial charge in [0.1, 0.15) is 6.61 Å². The maximum absolute atomic E-state index is 11.7. The molecule has 0 aliphatic rings. The van der Waals surface area contributed by atoms with Crippen LogP contribution in [0.2, 0.25) is 0 Å². The molecule has 0 heterocycles. The van der Waals surface area contributed by atoms with E-state index in [2.05, 4.69) is 13.5 Å². The second-order valence-electron chi connectivity index (χ2n) is 4.39. The molecule has 1 unspecified atom stereocenters. The Morgan fingerprint density at radius 1 is 1.16 bits per heavy atom. The van der Waals surface area contributed by atoms with Gasteiger partial charge in [-0.15, -0.1) is 6.58 Å². The van der Waals surface area contributed by atoms with Crippen LogP contribution in [-0.4, -0.2) is 39.0 Å². The highest BCUT2D eigenvalue weighted by molar-refractivity contribution is 5.72. The summed E-state index contributed by atoms with van der Waals surface area (Å²) in [5.74, 6) is -0.0571. The molecular formula is C15H28O4. The number of rotatable bonds is 13. The number of hydrogen-bond acceptors (Lipinski definition) is 4. The third-order valence-electron chi connectivity index (χ3n) is 2.81. The van der Waals surface area contributed by atoms with Crippen molar-refractivity contribution in [2.24, 2.45) is 5.92 Å². The molecule has 0 bridgehead atoms. The van der Waals surface area contributed by atoms with Crippen molar-refractivity contribution in [3.05, 3.63) is 12.7 Å². The summed E-state index contributed by atoms with van der Waals surface area (Å²) in [5, 5.41) is 0. The van der Waals surface area contributed by atoms with Crippen LogP contribution in [0.1, 0.15) is 39.5 Å². The molecule has 0 saturated carbocycles. The van der Waals surface area contributed by atoms with Gasteiger partial charge in [0.2, 0.25) is 0 Å². The molecule has 1 atom stereocenters. The van der Waals surface area contributed by atoms with E-state index in [0.29, 0.717) is 33.0 Å². The normalized spacial score (nSPS) is 12.1. The highest BCUT2D eigenvalue weighted by Crippen LogP contribution is 2.14. The first-order chi connectivity index (χ1) is 9.26. The fourth-order valence-electron chi connectivity index (χ4n) is 1.64. The highest BCUT2D eigenvalue weighted by atomic mass is 16.6. The Bertz CT molecular complexity index is 228. The number of hydrogen-bond donors (Lipinski definition) is 0. The van der Waals surface area contributed by atoms with Crippen molar-refractivity contribution in [2.75, 3.05) is 33.0 Å².